The number of methoxy groups -OCH3 is 1. The average molecular weight is 237 g/mol. The second kappa shape index (κ2) is 4.28. The Balaban J connectivity index is 2.53. The van der Waals surface area contributed by atoms with Crippen LogP contribution in [0.4, 0.5) is 0 Å². The van der Waals surface area contributed by atoms with Crippen molar-refractivity contribution in [2.75, 3.05) is 13.7 Å². The van der Waals surface area contributed by atoms with Crippen LogP contribution in [-0.2, 0) is 4.74 Å². The van der Waals surface area contributed by atoms with E-state index >= 15 is 0 Å². The third-order valence-corrected chi connectivity index (χ3v) is 2.15. The van der Waals surface area contributed by atoms with Crippen LogP contribution in [0.25, 0.3) is 5.65 Å². The third kappa shape index (κ3) is 1.99. The van der Waals surface area contributed by atoms with E-state index in [9.17, 15) is 9.59 Å². The van der Waals surface area contributed by atoms with Crippen molar-refractivity contribution >= 4 is 11.6 Å². The zero-order valence-electron chi connectivity index (χ0n) is 9.39. The number of nitrogens with one attached hydrogen (secondary N) is 1. The molecule has 0 aromatic carbocycles. The van der Waals surface area contributed by atoms with Gasteiger partial charge in [-0.3, -0.25) is 9.38 Å². The Morgan fingerprint density at radius 2 is 2.35 bits per heavy atom. The number of hydrogen-bond acceptors (Lipinski definition) is 5. The Hall–Kier alpha value is -2.31. The minimum absolute atomic E-state index is 0.0885. The van der Waals surface area contributed by atoms with Crippen LogP contribution in [0.15, 0.2) is 17.1 Å². The molecule has 90 valence electrons. The number of carbonyl (C=O) groups is 1. The van der Waals surface area contributed by atoms with Crippen molar-refractivity contribution < 1.29 is 14.3 Å². The number of nitrogens with zero attached hydrogens (tertiary/aromatic N) is 2. The van der Waals surface area contributed by atoms with Gasteiger partial charge in [0.15, 0.2) is 11.6 Å². The molecule has 2 rings (SSSR count). The summed E-state index contributed by atoms with van der Waals surface area (Å²) in [7, 11) is 1.43. The first-order valence-electron chi connectivity index (χ1n) is 4.99. The van der Waals surface area contributed by atoms with Crippen molar-refractivity contribution in [1.82, 2.24) is 14.4 Å². The quantitative estimate of drug-likeness (QED) is 0.771. The van der Waals surface area contributed by atoms with Crippen LogP contribution in [-0.4, -0.2) is 34.1 Å². The average Bonchev–Trinajstić information content (AvgIpc) is 2.73. The van der Waals surface area contributed by atoms with Gasteiger partial charge in [0.05, 0.1) is 13.7 Å². The fourth-order valence-corrected chi connectivity index (χ4v) is 1.39. The molecule has 1 N–H and O–H groups in total. The van der Waals surface area contributed by atoms with E-state index in [1.54, 1.807) is 6.92 Å². The number of rotatable bonds is 3. The number of hydrogen-bond donors (Lipinski definition) is 1. The Morgan fingerprint density at radius 3 is 3.00 bits per heavy atom. The van der Waals surface area contributed by atoms with Gasteiger partial charge in [0.1, 0.15) is 5.65 Å². The number of aromatic amines is 1. The highest BCUT2D eigenvalue weighted by molar-refractivity contribution is 5.87. The zero-order valence-corrected chi connectivity index (χ0v) is 9.39. The Kier molecular flexibility index (Phi) is 2.82. The Labute approximate surface area is 96.0 Å². The number of H-pyrrole nitrogens is 1. The molecule has 0 fully saturated rings. The molecular formula is C10H11N3O4. The van der Waals surface area contributed by atoms with Crippen molar-refractivity contribution in [2.45, 2.75) is 6.92 Å². The molecular weight excluding hydrogens is 226 g/mol. The number of aromatic nitrogens is 3. The van der Waals surface area contributed by atoms with E-state index in [0.29, 0.717) is 5.65 Å². The molecule has 7 nitrogen and oxygen atoms in total. The van der Waals surface area contributed by atoms with Gasteiger partial charge in [-0.05, 0) is 6.92 Å². The summed E-state index contributed by atoms with van der Waals surface area (Å²) in [5.41, 5.74) is -0.0124. The predicted molar refractivity (Wildman–Crippen MR) is 58.3 cm³/mol. The summed E-state index contributed by atoms with van der Waals surface area (Å²) in [6.45, 7) is 1.95. The molecule has 2 heterocycles. The lowest BCUT2D eigenvalue weighted by atomic mass is 10.5. The molecule has 17 heavy (non-hydrogen) atoms. The van der Waals surface area contributed by atoms with Gasteiger partial charge in [0, 0.05) is 12.3 Å². The molecule has 0 saturated heterocycles. The number of carbonyl (C=O) groups excluding carboxylic acids is 1. The van der Waals surface area contributed by atoms with Gasteiger partial charge in [-0.1, -0.05) is 0 Å². The topological polar surface area (TPSA) is 85.7 Å². The van der Waals surface area contributed by atoms with Crippen LogP contribution in [0.2, 0.25) is 0 Å². The summed E-state index contributed by atoms with van der Waals surface area (Å²) in [5, 5.41) is 0. The van der Waals surface area contributed by atoms with Crippen LogP contribution in [0.1, 0.15) is 17.4 Å². The Morgan fingerprint density at radius 1 is 1.59 bits per heavy atom. The Bertz CT molecular complexity index is 614. The lowest BCUT2D eigenvalue weighted by molar-refractivity contribution is 0.0520. The second-order valence-electron chi connectivity index (χ2n) is 3.22. The SMILES string of the molecule is CCOC(=O)c1cn2c(=O)[nH]c(OC)cc2n1. The standard InChI is InChI=1S/C10H11N3O4/c1-3-17-9(14)6-5-13-7(11-6)4-8(16-2)12-10(13)15/h4-5H,3H2,1-2H3,(H,12,15). The molecule has 0 spiro atoms. The first kappa shape index (κ1) is 11.2. The minimum atomic E-state index is -0.561. The predicted octanol–water partition coefficient (Wildman–Crippen LogP) is 0.208. The number of fused-ring (bicyclic) bond motifs is 1. The molecule has 0 unspecified atom stereocenters. The van der Waals surface area contributed by atoms with Gasteiger partial charge in [-0.2, -0.15) is 0 Å². The van der Waals surface area contributed by atoms with E-state index in [1.165, 1.54) is 23.8 Å². The maximum absolute atomic E-state index is 11.6. The normalized spacial score (nSPS) is 10.5. The van der Waals surface area contributed by atoms with E-state index in [1.807, 2.05) is 0 Å². The summed E-state index contributed by atoms with van der Waals surface area (Å²) in [6, 6.07) is 1.52. The van der Waals surface area contributed by atoms with E-state index in [-0.39, 0.29) is 18.2 Å². The van der Waals surface area contributed by atoms with Crippen molar-refractivity contribution in [3.63, 3.8) is 0 Å². The first-order valence-corrected chi connectivity index (χ1v) is 4.99. The van der Waals surface area contributed by atoms with E-state index in [2.05, 4.69) is 9.97 Å². The van der Waals surface area contributed by atoms with Crippen LogP contribution in [0.3, 0.4) is 0 Å². The molecule has 7 heteroatoms. The fraction of sp³-hybridized carbons (Fsp3) is 0.300. The minimum Gasteiger partial charge on any atom is -0.482 e. The van der Waals surface area contributed by atoms with Crippen LogP contribution < -0.4 is 10.4 Å². The molecule has 0 aliphatic rings. The summed E-state index contributed by atoms with van der Waals surface area (Å²) in [4.78, 5) is 29.5. The van der Waals surface area contributed by atoms with Crippen molar-refractivity contribution in [2.24, 2.45) is 0 Å². The summed E-state index contributed by atoms with van der Waals surface area (Å²) in [5.74, 6) is -0.280. The summed E-state index contributed by atoms with van der Waals surface area (Å²) >= 11 is 0. The van der Waals surface area contributed by atoms with Crippen LogP contribution in [0.5, 0.6) is 5.88 Å². The van der Waals surface area contributed by atoms with Gasteiger partial charge < -0.3 is 9.47 Å². The first-order chi connectivity index (χ1) is 8.15. The number of ether oxygens (including phenoxy) is 2. The number of esters is 1. The van der Waals surface area contributed by atoms with E-state index < -0.39 is 11.7 Å². The lowest BCUT2D eigenvalue weighted by Crippen LogP contribution is -2.15. The van der Waals surface area contributed by atoms with Crippen molar-refractivity contribution in [1.29, 1.82) is 0 Å². The van der Waals surface area contributed by atoms with Crippen LogP contribution >= 0.6 is 0 Å². The van der Waals surface area contributed by atoms with Crippen molar-refractivity contribution in [3.05, 3.63) is 28.4 Å². The molecule has 0 saturated carbocycles. The molecule has 0 atom stereocenters. The summed E-state index contributed by atoms with van der Waals surface area (Å²) in [6.07, 6.45) is 1.32. The zero-order chi connectivity index (χ0) is 12.4. The monoisotopic (exact) mass is 237 g/mol. The molecule has 0 aliphatic carbocycles. The molecule has 0 bridgehead atoms. The highest BCUT2D eigenvalue weighted by Gasteiger charge is 2.13. The van der Waals surface area contributed by atoms with E-state index in [4.69, 9.17) is 9.47 Å². The van der Waals surface area contributed by atoms with Gasteiger partial charge in [0.2, 0.25) is 0 Å². The fourth-order valence-electron chi connectivity index (χ4n) is 1.39. The molecule has 0 radical (unpaired) electrons. The van der Waals surface area contributed by atoms with Gasteiger partial charge in [-0.25, -0.2) is 14.6 Å². The molecule has 2 aromatic rings. The maximum atomic E-state index is 11.6. The molecule has 0 aliphatic heterocycles. The lowest BCUT2D eigenvalue weighted by Gasteiger charge is -1.98. The third-order valence-electron chi connectivity index (χ3n) is 2.15. The largest absolute Gasteiger partial charge is 0.482 e. The van der Waals surface area contributed by atoms with Crippen LogP contribution in [0, 0.1) is 0 Å². The second-order valence-corrected chi connectivity index (χ2v) is 3.22. The molecule has 0 amide bonds. The van der Waals surface area contributed by atoms with E-state index in [0.717, 1.165) is 0 Å². The summed E-state index contributed by atoms with van der Waals surface area (Å²) < 4.78 is 10.9. The maximum Gasteiger partial charge on any atom is 0.358 e. The highest BCUT2D eigenvalue weighted by Crippen LogP contribution is 2.08. The van der Waals surface area contributed by atoms with Gasteiger partial charge >= 0.3 is 11.7 Å². The van der Waals surface area contributed by atoms with Gasteiger partial charge in [0.25, 0.3) is 0 Å². The smallest absolute Gasteiger partial charge is 0.358 e. The van der Waals surface area contributed by atoms with Crippen molar-refractivity contribution in [3.8, 4) is 5.88 Å². The van der Waals surface area contributed by atoms with Gasteiger partial charge in [-0.15, -0.1) is 0 Å². The molecule has 2 aromatic heterocycles. The highest BCUT2D eigenvalue weighted by atomic mass is 16.5. The number of imidazole rings is 1.